The smallest absolute Gasteiger partial charge is 0.227 e. The molecule has 0 aromatic heterocycles. The van der Waals surface area contributed by atoms with Crippen molar-refractivity contribution < 1.29 is 4.79 Å². The number of likely N-dealkylation sites (tertiary alicyclic amines) is 1. The lowest BCUT2D eigenvalue weighted by atomic mass is 9.88. The minimum absolute atomic E-state index is 0.0261. The van der Waals surface area contributed by atoms with E-state index in [1.165, 1.54) is 11.1 Å². The molecule has 0 bridgehead atoms. The van der Waals surface area contributed by atoms with Crippen LogP contribution in [0.25, 0.3) is 0 Å². The third-order valence-electron chi connectivity index (χ3n) is 4.68. The quantitative estimate of drug-likeness (QED) is 0.889. The zero-order valence-corrected chi connectivity index (χ0v) is 13.5. The maximum atomic E-state index is 12.1. The van der Waals surface area contributed by atoms with Crippen LogP contribution in [-0.4, -0.2) is 37.0 Å². The molecule has 3 atom stereocenters. The SMILES string of the molecule is CNC(=O)C1(C)CCN(C(c2ccccc2C)C(C)N)C1. The average molecular weight is 289 g/mol. The fraction of sp³-hybridized carbons (Fsp3) is 0.588. The Kier molecular flexibility index (Phi) is 4.69. The number of nitrogens with zero attached hydrogens (tertiary/aromatic N) is 1. The number of benzene rings is 1. The van der Waals surface area contributed by atoms with E-state index >= 15 is 0 Å². The van der Waals surface area contributed by atoms with Crippen molar-refractivity contribution in [2.24, 2.45) is 11.1 Å². The van der Waals surface area contributed by atoms with Gasteiger partial charge in [-0.25, -0.2) is 0 Å². The summed E-state index contributed by atoms with van der Waals surface area (Å²) >= 11 is 0. The molecule has 1 aliphatic rings. The van der Waals surface area contributed by atoms with Gasteiger partial charge in [-0.05, 0) is 44.9 Å². The molecule has 0 spiro atoms. The van der Waals surface area contributed by atoms with Gasteiger partial charge < -0.3 is 11.1 Å². The van der Waals surface area contributed by atoms with Crippen LogP contribution in [0.3, 0.4) is 0 Å². The Labute approximate surface area is 127 Å². The highest BCUT2D eigenvalue weighted by Crippen LogP contribution is 2.37. The first-order chi connectivity index (χ1) is 9.89. The van der Waals surface area contributed by atoms with Crippen molar-refractivity contribution in [1.29, 1.82) is 0 Å². The molecule has 3 unspecified atom stereocenters. The highest BCUT2D eigenvalue weighted by molar-refractivity contribution is 5.82. The van der Waals surface area contributed by atoms with Crippen LogP contribution in [0.1, 0.15) is 37.4 Å². The molecule has 3 N–H and O–H groups in total. The Morgan fingerprint density at radius 1 is 1.43 bits per heavy atom. The van der Waals surface area contributed by atoms with Gasteiger partial charge in [-0.1, -0.05) is 24.3 Å². The van der Waals surface area contributed by atoms with Crippen molar-refractivity contribution in [3.8, 4) is 0 Å². The van der Waals surface area contributed by atoms with Crippen LogP contribution in [0.5, 0.6) is 0 Å². The molecule has 1 aliphatic heterocycles. The van der Waals surface area contributed by atoms with E-state index in [1.54, 1.807) is 7.05 Å². The van der Waals surface area contributed by atoms with Gasteiger partial charge in [0.1, 0.15) is 0 Å². The van der Waals surface area contributed by atoms with Crippen LogP contribution < -0.4 is 11.1 Å². The molecule has 1 aromatic rings. The van der Waals surface area contributed by atoms with E-state index in [1.807, 2.05) is 13.8 Å². The lowest BCUT2D eigenvalue weighted by Gasteiger charge is -2.33. The van der Waals surface area contributed by atoms with Gasteiger partial charge in [-0.3, -0.25) is 9.69 Å². The molecule has 4 heteroatoms. The summed E-state index contributed by atoms with van der Waals surface area (Å²) in [6.45, 7) is 7.88. The fourth-order valence-electron chi connectivity index (χ4n) is 3.45. The number of nitrogens with two attached hydrogens (primary N) is 1. The van der Waals surface area contributed by atoms with Crippen LogP contribution >= 0.6 is 0 Å². The zero-order chi connectivity index (χ0) is 15.6. The van der Waals surface area contributed by atoms with Crippen LogP contribution in [-0.2, 0) is 4.79 Å². The van der Waals surface area contributed by atoms with Crippen molar-refractivity contribution in [2.75, 3.05) is 20.1 Å². The predicted molar refractivity (Wildman–Crippen MR) is 85.9 cm³/mol. The van der Waals surface area contributed by atoms with Crippen molar-refractivity contribution in [3.05, 3.63) is 35.4 Å². The number of hydrogen-bond donors (Lipinski definition) is 2. The standard InChI is InChI=1S/C17H27N3O/c1-12-7-5-6-8-14(12)15(13(2)18)20-10-9-17(3,11-20)16(21)19-4/h5-8,13,15H,9-11,18H2,1-4H3,(H,19,21). The first kappa shape index (κ1) is 16.0. The third kappa shape index (κ3) is 3.11. The van der Waals surface area contributed by atoms with E-state index in [2.05, 4.69) is 41.4 Å². The zero-order valence-electron chi connectivity index (χ0n) is 13.5. The number of carbonyl (C=O) groups is 1. The summed E-state index contributed by atoms with van der Waals surface area (Å²) < 4.78 is 0. The van der Waals surface area contributed by atoms with E-state index < -0.39 is 0 Å². The van der Waals surface area contributed by atoms with E-state index in [0.717, 1.165) is 19.5 Å². The van der Waals surface area contributed by atoms with Gasteiger partial charge in [-0.2, -0.15) is 0 Å². The molecule has 21 heavy (non-hydrogen) atoms. The first-order valence-corrected chi connectivity index (χ1v) is 7.66. The lowest BCUT2D eigenvalue weighted by Crippen LogP contribution is -2.43. The topological polar surface area (TPSA) is 58.4 Å². The summed E-state index contributed by atoms with van der Waals surface area (Å²) in [5.41, 5.74) is 8.49. The van der Waals surface area contributed by atoms with Crippen molar-refractivity contribution in [1.82, 2.24) is 10.2 Å². The van der Waals surface area contributed by atoms with Gasteiger partial charge in [0.2, 0.25) is 5.91 Å². The number of carbonyl (C=O) groups excluding carboxylic acids is 1. The highest BCUT2D eigenvalue weighted by Gasteiger charge is 2.43. The molecular weight excluding hydrogens is 262 g/mol. The Morgan fingerprint density at radius 3 is 2.67 bits per heavy atom. The minimum Gasteiger partial charge on any atom is -0.359 e. The second-order valence-corrected chi connectivity index (χ2v) is 6.52. The molecule has 2 rings (SSSR count). The van der Waals surface area contributed by atoms with E-state index in [9.17, 15) is 4.79 Å². The molecule has 4 nitrogen and oxygen atoms in total. The third-order valence-corrected chi connectivity index (χ3v) is 4.68. The molecule has 1 aromatic carbocycles. The van der Waals surface area contributed by atoms with Crippen molar-refractivity contribution in [3.63, 3.8) is 0 Å². The molecule has 0 saturated carbocycles. The van der Waals surface area contributed by atoms with Gasteiger partial charge in [-0.15, -0.1) is 0 Å². The molecule has 1 amide bonds. The highest BCUT2D eigenvalue weighted by atomic mass is 16.2. The van der Waals surface area contributed by atoms with Crippen molar-refractivity contribution >= 4 is 5.91 Å². The van der Waals surface area contributed by atoms with Crippen LogP contribution in [0.4, 0.5) is 0 Å². The van der Waals surface area contributed by atoms with Gasteiger partial charge in [0.15, 0.2) is 0 Å². The maximum absolute atomic E-state index is 12.1. The second-order valence-electron chi connectivity index (χ2n) is 6.52. The van der Waals surface area contributed by atoms with Crippen LogP contribution in [0, 0.1) is 12.3 Å². The number of hydrogen-bond acceptors (Lipinski definition) is 3. The summed E-state index contributed by atoms with van der Waals surface area (Å²) in [4.78, 5) is 14.5. The van der Waals surface area contributed by atoms with Crippen LogP contribution in [0.15, 0.2) is 24.3 Å². The molecule has 1 saturated heterocycles. The molecule has 0 radical (unpaired) electrons. The summed E-state index contributed by atoms with van der Waals surface area (Å²) in [7, 11) is 1.71. The monoisotopic (exact) mass is 289 g/mol. The van der Waals surface area contributed by atoms with E-state index in [-0.39, 0.29) is 23.4 Å². The normalized spacial score (nSPS) is 25.6. The van der Waals surface area contributed by atoms with Crippen molar-refractivity contribution in [2.45, 2.75) is 39.3 Å². The maximum Gasteiger partial charge on any atom is 0.227 e. The summed E-state index contributed by atoms with van der Waals surface area (Å²) in [6, 6.07) is 8.58. The average Bonchev–Trinajstić information content (AvgIpc) is 2.83. The largest absolute Gasteiger partial charge is 0.359 e. The number of aryl methyl sites for hydroxylation is 1. The van der Waals surface area contributed by atoms with Gasteiger partial charge in [0.25, 0.3) is 0 Å². The van der Waals surface area contributed by atoms with Crippen LogP contribution in [0.2, 0.25) is 0 Å². The Bertz CT molecular complexity index is 515. The summed E-state index contributed by atoms with van der Waals surface area (Å²) in [5.74, 6) is 0.123. The summed E-state index contributed by atoms with van der Waals surface area (Å²) in [6.07, 6.45) is 0.877. The first-order valence-electron chi connectivity index (χ1n) is 7.66. The molecular formula is C17H27N3O. The fourth-order valence-corrected chi connectivity index (χ4v) is 3.45. The molecule has 1 fully saturated rings. The van der Waals surface area contributed by atoms with Gasteiger partial charge in [0, 0.05) is 25.7 Å². The number of amides is 1. The van der Waals surface area contributed by atoms with E-state index in [4.69, 9.17) is 5.73 Å². The molecule has 0 aliphatic carbocycles. The summed E-state index contributed by atoms with van der Waals surface area (Å²) in [5, 5.41) is 2.79. The van der Waals surface area contributed by atoms with Gasteiger partial charge in [0.05, 0.1) is 5.41 Å². The lowest BCUT2D eigenvalue weighted by molar-refractivity contribution is -0.129. The number of rotatable bonds is 4. The van der Waals surface area contributed by atoms with Gasteiger partial charge >= 0.3 is 0 Å². The number of nitrogens with one attached hydrogen (secondary N) is 1. The molecule has 116 valence electrons. The minimum atomic E-state index is -0.315. The predicted octanol–water partition coefficient (Wildman–Crippen LogP) is 1.84. The Morgan fingerprint density at radius 2 is 2.10 bits per heavy atom. The Balaban J connectivity index is 2.26. The van der Waals surface area contributed by atoms with E-state index in [0.29, 0.717) is 0 Å². The Hall–Kier alpha value is -1.39. The molecule has 1 heterocycles. The second kappa shape index (κ2) is 6.16.